The number of nitrogens with one attached hydrogen (secondary N) is 1. The molecule has 1 amide bonds. The first-order valence-corrected chi connectivity index (χ1v) is 6.11. The highest BCUT2D eigenvalue weighted by Gasteiger charge is 2.13. The van der Waals surface area contributed by atoms with Crippen molar-refractivity contribution in [1.82, 2.24) is 5.32 Å². The van der Waals surface area contributed by atoms with Crippen LogP contribution < -0.4 is 10.1 Å². The molecule has 0 radical (unpaired) electrons. The Bertz CT molecular complexity index is 417. The Kier molecular flexibility index (Phi) is 5.65. The Morgan fingerprint density at radius 1 is 1.33 bits per heavy atom. The molecule has 1 aromatic rings. The molecular formula is C13H16ClNO3. The highest BCUT2D eigenvalue weighted by Crippen LogP contribution is 2.15. The van der Waals surface area contributed by atoms with Crippen molar-refractivity contribution in [3.63, 3.8) is 0 Å². The number of ketones is 1. The van der Waals surface area contributed by atoms with Crippen LogP contribution in [-0.4, -0.2) is 24.3 Å². The lowest BCUT2D eigenvalue weighted by Crippen LogP contribution is -2.40. The van der Waals surface area contributed by atoms with E-state index in [-0.39, 0.29) is 18.3 Å². The van der Waals surface area contributed by atoms with Gasteiger partial charge < -0.3 is 10.1 Å². The summed E-state index contributed by atoms with van der Waals surface area (Å²) in [6.45, 7) is 3.30. The Balaban J connectivity index is 2.37. The van der Waals surface area contributed by atoms with Crippen LogP contribution in [-0.2, 0) is 9.59 Å². The summed E-state index contributed by atoms with van der Waals surface area (Å²) in [5.74, 6) is 0.234. The Labute approximate surface area is 111 Å². The topological polar surface area (TPSA) is 55.4 Å². The van der Waals surface area contributed by atoms with Gasteiger partial charge in [0.1, 0.15) is 5.75 Å². The molecule has 1 rings (SSSR count). The van der Waals surface area contributed by atoms with Crippen molar-refractivity contribution in [3.8, 4) is 5.75 Å². The van der Waals surface area contributed by atoms with E-state index in [1.807, 2.05) is 0 Å². The lowest BCUT2D eigenvalue weighted by molar-refractivity contribution is -0.128. The zero-order chi connectivity index (χ0) is 13.5. The van der Waals surface area contributed by atoms with Gasteiger partial charge in [0, 0.05) is 11.4 Å². The van der Waals surface area contributed by atoms with Gasteiger partial charge in [0.05, 0.1) is 6.04 Å². The zero-order valence-corrected chi connectivity index (χ0v) is 11.2. The van der Waals surface area contributed by atoms with Crippen LogP contribution in [0.1, 0.15) is 20.3 Å². The first-order valence-electron chi connectivity index (χ1n) is 5.73. The summed E-state index contributed by atoms with van der Waals surface area (Å²) >= 11 is 5.72. The largest absolute Gasteiger partial charge is 0.484 e. The minimum absolute atomic E-state index is 0.00478. The molecule has 1 unspecified atom stereocenters. The van der Waals surface area contributed by atoms with E-state index in [0.717, 1.165) is 0 Å². The highest BCUT2D eigenvalue weighted by atomic mass is 35.5. The van der Waals surface area contributed by atoms with Gasteiger partial charge >= 0.3 is 0 Å². The van der Waals surface area contributed by atoms with E-state index in [2.05, 4.69) is 5.32 Å². The fourth-order valence-corrected chi connectivity index (χ4v) is 1.48. The quantitative estimate of drug-likeness (QED) is 0.861. The maximum Gasteiger partial charge on any atom is 0.258 e. The fourth-order valence-electron chi connectivity index (χ4n) is 1.35. The van der Waals surface area contributed by atoms with Crippen LogP contribution in [0.5, 0.6) is 5.75 Å². The monoisotopic (exact) mass is 269 g/mol. The number of halogens is 1. The lowest BCUT2D eigenvalue weighted by Gasteiger charge is -2.12. The summed E-state index contributed by atoms with van der Waals surface area (Å²) in [5, 5.41) is 3.18. The molecule has 1 atom stereocenters. The molecule has 1 aromatic carbocycles. The summed E-state index contributed by atoms with van der Waals surface area (Å²) in [6.07, 6.45) is 0.402. The van der Waals surface area contributed by atoms with Crippen LogP contribution in [0.3, 0.4) is 0 Å². The lowest BCUT2D eigenvalue weighted by atomic mass is 10.2. The van der Waals surface area contributed by atoms with E-state index in [4.69, 9.17) is 16.3 Å². The van der Waals surface area contributed by atoms with Gasteiger partial charge in [0.15, 0.2) is 12.4 Å². The van der Waals surface area contributed by atoms with Crippen molar-refractivity contribution in [2.24, 2.45) is 0 Å². The Morgan fingerprint density at radius 3 is 2.50 bits per heavy atom. The molecule has 0 aliphatic rings. The van der Waals surface area contributed by atoms with E-state index in [0.29, 0.717) is 17.2 Å². The van der Waals surface area contributed by atoms with Crippen molar-refractivity contribution >= 4 is 23.3 Å². The molecule has 5 heteroatoms. The van der Waals surface area contributed by atoms with Gasteiger partial charge in [-0.15, -0.1) is 0 Å². The predicted molar refractivity (Wildman–Crippen MR) is 69.8 cm³/mol. The number of rotatable bonds is 6. The normalized spacial score (nSPS) is 11.7. The van der Waals surface area contributed by atoms with E-state index in [1.54, 1.807) is 38.1 Å². The van der Waals surface area contributed by atoms with Crippen molar-refractivity contribution in [2.45, 2.75) is 26.3 Å². The van der Waals surface area contributed by atoms with Gasteiger partial charge in [0.2, 0.25) is 0 Å². The maximum absolute atomic E-state index is 11.5. The number of Topliss-reactive ketones (excluding diaryl/α,β-unsaturated/α-hetero) is 1. The second-order valence-corrected chi connectivity index (χ2v) is 4.29. The van der Waals surface area contributed by atoms with Crippen LogP contribution >= 0.6 is 11.6 Å². The first-order chi connectivity index (χ1) is 8.52. The third-order valence-electron chi connectivity index (χ3n) is 2.39. The molecule has 1 N–H and O–H groups in total. The average molecular weight is 270 g/mol. The number of amides is 1. The predicted octanol–water partition coefficient (Wildman–Crippen LogP) is 2.20. The van der Waals surface area contributed by atoms with Gasteiger partial charge in [-0.25, -0.2) is 0 Å². The van der Waals surface area contributed by atoms with Crippen LogP contribution in [0, 0.1) is 0 Å². The molecule has 0 saturated heterocycles. The van der Waals surface area contributed by atoms with Gasteiger partial charge in [0.25, 0.3) is 5.91 Å². The summed E-state index contributed by atoms with van der Waals surface area (Å²) < 4.78 is 5.26. The zero-order valence-electron chi connectivity index (χ0n) is 10.4. The molecular weight excluding hydrogens is 254 g/mol. The first kappa shape index (κ1) is 14.5. The fraction of sp³-hybridized carbons (Fsp3) is 0.385. The van der Waals surface area contributed by atoms with Gasteiger partial charge in [-0.2, -0.15) is 0 Å². The summed E-state index contributed by atoms with van der Waals surface area (Å²) in [6, 6.07) is 6.24. The third kappa shape index (κ3) is 4.75. The summed E-state index contributed by atoms with van der Waals surface area (Å²) in [5.41, 5.74) is 0. The molecule has 0 aliphatic heterocycles. The molecule has 4 nitrogen and oxygen atoms in total. The molecule has 0 bridgehead atoms. The molecule has 98 valence electrons. The number of benzene rings is 1. The average Bonchev–Trinajstić information content (AvgIpc) is 2.37. The number of hydrogen-bond donors (Lipinski definition) is 1. The van der Waals surface area contributed by atoms with E-state index >= 15 is 0 Å². The van der Waals surface area contributed by atoms with Crippen molar-refractivity contribution in [1.29, 1.82) is 0 Å². The van der Waals surface area contributed by atoms with Crippen LogP contribution in [0.25, 0.3) is 0 Å². The minimum atomic E-state index is -0.476. The molecule has 0 fully saturated rings. The van der Waals surface area contributed by atoms with E-state index in [9.17, 15) is 9.59 Å². The van der Waals surface area contributed by atoms with Gasteiger partial charge in [-0.05, 0) is 31.2 Å². The number of ether oxygens (including phenoxy) is 1. The second kappa shape index (κ2) is 7.01. The molecule has 0 aliphatic carbocycles. The van der Waals surface area contributed by atoms with Crippen molar-refractivity contribution in [3.05, 3.63) is 29.3 Å². The smallest absolute Gasteiger partial charge is 0.258 e. The SMILES string of the molecule is CCC(=O)C(C)NC(=O)COc1ccc(Cl)cc1. The van der Waals surface area contributed by atoms with Crippen molar-refractivity contribution in [2.75, 3.05) is 6.61 Å². The van der Waals surface area contributed by atoms with E-state index in [1.165, 1.54) is 0 Å². The molecule has 0 aromatic heterocycles. The minimum Gasteiger partial charge on any atom is -0.484 e. The summed E-state index contributed by atoms with van der Waals surface area (Å²) in [7, 11) is 0. The standard InChI is InChI=1S/C13H16ClNO3/c1-3-12(16)9(2)15-13(17)8-18-11-6-4-10(14)5-7-11/h4-7,9H,3,8H2,1-2H3,(H,15,17). The third-order valence-corrected chi connectivity index (χ3v) is 2.64. The summed E-state index contributed by atoms with van der Waals surface area (Å²) in [4.78, 5) is 22.8. The van der Waals surface area contributed by atoms with Gasteiger partial charge in [-0.3, -0.25) is 9.59 Å². The van der Waals surface area contributed by atoms with Crippen molar-refractivity contribution < 1.29 is 14.3 Å². The number of carbonyl (C=O) groups excluding carboxylic acids is 2. The van der Waals surface area contributed by atoms with Crippen LogP contribution in [0.2, 0.25) is 5.02 Å². The molecule has 0 heterocycles. The second-order valence-electron chi connectivity index (χ2n) is 3.85. The van der Waals surface area contributed by atoms with Crippen LogP contribution in [0.15, 0.2) is 24.3 Å². The van der Waals surface area contributed by atoms with Gasteiger partial charge in [-0.1, -0.05) is 18.5 Å². The molecule has 0 saturated carbocycles. The maximum atomic E-state index is 11.5. The number of hydrogen-bond acceptors (Lipinski definition) is 3. The highest BCUT2D eigenvalue weighted by molar-refractivity contribution is 6.30. The molecule has 18 heavy (non-hydrogen) atoms. The van der Waals surface area contributed by atoms with Crippen LogP contribution in [0.4, 0.5) is 0 Å². The Hall–Kier alpha value is -1.55. The number of carbonyl (C=O) groups is 2. The Morgan fingerprint density at radius 2 is 1.94 bits per heavy atom. The van der Waals surface area contributed by atoms with E-state index < -0.39 is 6.04 Å². The molecule has 0 spiro atoms.